The lowest BCUT2D eigenvalue weighted by molar-refractivity contribution is 0.182. The molecule has 3 rings (SSSR count). The Morgan fingerprint density at radius 2 is 1.92 bits per heavy atom. The quantitative estimate of drug-likeness (QED) is 0.871. The zero-order chi connectivity index (χ0) is 17.3. The minimum Gasteiger partial charge on any atom is -0.320 e. The maximum atomic E-state index is 11.9. The lowest BCUT2D eigenvalue weighted by atomic mass is 10.1. The van der Waals surface area contributed by atoms with E-state index >= 15 is 0 Å². The molecule has 0 aromatic carbocycles. The number of hydrogen-bond acceptors (Lipinski definition) is 5. The summed E-state index contributed by atoms with van der Waals surface area (Å²) in [5, 5.41) is 0. The highest BCUT2D eigenvalue weighted by Crippen LogP contribution is 2.14. The van der Waals surface area contributed by atoms with E-state index in [-0.39, 0.29) is 5.56 Å². The van der Waals surface area contributed by atoms with Gasteiger partial charge in [0.25, 0.3) is 5.56 Å². The fourth-order valence-corrected chi connectivity index (χ4v) is 3.82. The molecule has 0 unspecified atom stereocenters. The first kappa shape index (κ1) is 17.1. The van der Waals surface area contributed by atoms with Crippen LogP contribution in [0, 0.1) is 0 Å². The zero-order valence-electron chi connectivity index (χ0n) is 13.9. The third-order valence-electron chi connectivity index (χ3n) is 4.41. The molecule has 130 valence electrons. The number of aromatic nitrogens is 2. The number of H-pyrrole nitrogens is 1. The summed E-state index contributed by atoms with van der Waals surface area (Å²) >= 11 is 0. The monoisotopic (exact) mass is 350 g/mol. The molecule has 0 atom stereocenters. The Hall–Kier alpha value is -1.77. The van der Waals surface area contributed by atoms with Gasteiger partial charge in [0, 0.05) is 44.5 Å². The van der Waals surface area contributed by atoms with Crippen LogP contribution in [-0.2, 0) is 23.0 Å². The molecule has 3 heterocycles. The maximum absolute atomic E-state index is 11.9. The average molecular weight is 350 g/mol. The maximum Gasteiger partial charge on any atom is 0.251 e. The fraction of sp³-hybridized carbons (Fsp3) is 0.500. The third kappa shape index (κ3) is 3.66. The number of nitrogens with one attached hydrogen (secondary N) is 1. The summed E-state index contributed by atoms with van der Waals surface area (Å²) in [5.74, 6) is 0. The van der Waals surface area contributed by atoms with E-state index < -0.39 is 10.0 Å². The number of sulfonamides is 1. The summed E-state index contributed by atoms with van der Waals surface area (Å²) in [7, 11) is -3.11. The molecule has 24 heavy (non-hydrogen) atoms. The first-order valence-corrected chi connectivity index (χ1v) is 9.90. The molecule has 0 bridgehead atoms. The van der Waals surface area contributed by atoms with Crippen molar-refractivity contribution in [3.05, 3.63) is 39.8 Å². The summed E-state index contributed by atoms with van der Waals surface area (Å²) < 4.78 is 24.6. The van der Waals surface area contributed by atoms with Gasteiger partial charge in [0.1, 0.15) is 0 Å². The van der Waals surface area contributed by atoms with Crippen molar-refractivity contribution in [2.75, 3.05) is 32.4 Å². The summed E-state index contributed by atoms with van der Waals surface area (Å²) in [6.45, 7) is 5.04. The van der Waals surface area contributed by atoms with Crippen molar-refractivity contribution < 1.29 is 8.42 Å². The molecule has 0 spiro atoms. The van der Waals surface area contributed by atoms with Gasteiger partial charge in [-0.3, -0.25) is 14.7 Å². The first-order valence-electron chi connectivity index (χ1n) is 8.05. The van der Waals surface area contributed by atoms with E-state index in [1.807, 2.05) is 25.3 Å². The number of pyridine rings is 2. The van der Waals surface area contributed by atoms with Crippen molar-refractivity contribution in [2.24, 2.45) is 0 Å². The molecule has 2 aromatic rings. The summed E-state index contributed by atoms with van der Waals surface area (Å²) in [6, 6.07) is 3.79. The van der Waals surface area contributed by atoms with Gasteiger partial charge in [0.05, 0.1) is 17.3 Å². The Balaban J connectivity index is 1.73. The standard InChI is InChI=1S/C16H22N4O3S/c1-3-13-9-14-15(18-16(13)21)8-12(10-17-14)11-19-4-6-20(7-5-19)24(2,22)23/h8-10H,3-7,11H2,1-2H3,(H,18,21). The molecule has 0 radical (unpaired) electrons. The third-order valence-corrected chi connectivity index (χ3v) is 5.72. The summed E-state index contributed by atoms with van der Waals surface area (Å²) in [5.41, 5.74) is 3.21. The molecule has 1 aliphatic heterocycles. The number of rotatable bonds is 4. The molecule has 0 saturated carbocycles. The van der Waals surface area contributed by atoms with Gasteiger partial charge in [-0.25, -0.2) is 8.42 Å². The Kier molecular flexibility index (Phi) is 4.71. The molecular weight excluding hydrogens is 328 g/mol. The van der Waals surface area contributed by atoms with E-state index in [2.05, 4.69) is 14.9 Å². The van der Waals surface area contributed by atoms with Crippen LogP contribution in [0.25, 0.3) is 11.0 Å². The molecule has 1 saturated heterocycles. The molecule has 2 aromatic heterocycles. The highest BCUT2D eigenvalue weighted by Gasteiger charge is 2.23. The van der Waals surface area contributed by atoms with Crippen LogP contribution < -0.4 is 5.56 Å². The number of fused-ring (bicyclic) bond motifs is 1. The largest absolute Gasteiger partial charge is 0.320 e. The van der Waals surface area contributed by atoms with Gasteiger partial charge >= 0.3 is 0 Å². The van der Waals surface area contributed by atoms with Crippen LogP contribution in [0.4, 0.5) is 0 Å². The van der Waals surface area contributed by atoms with Crippen LogP contribution in [0.2, 0.25) is 0 Å². The minimum atomic E-state index is -3.11. The fourth-order valence-electron chi connectivity index (χ4n) is 2.99. The van der Waals surface area contributed by atoms with E-state index in [9.17, 15) is 13.2 Å². The van der Waals surface area contributed by atoms with Crippen LogP contribution in [0.5, 0.6) is 0 Å². The van der Waals surface area contributed by atoms with E-state index in [1.54, 1.807) is 0 Å². The molecular formula is C16H22N4O3S. The van der Waals surface area contributed by atoms with Crippen LogP contribution in [0.15, 0.2) is 23.1 Å². The predicted molar refractivity (Wildman–Crippen MR) is 93.4 cm³/mol. The molecule has 8 heteroatoms. The van der Waals surface area contributed by atoms with E-state index in [0.29, 0.717) is 39.1 Å². The topological polar surface area (TPSA) is 86.4 Å². The molecule has 0 amide bonds. The van der Waals surface area contributed by atoms with Crippen molar-refractivity contribution in [1.82, 2.24) is 19.2 Å². The first-order chi connectivity index (χ1) is 11.4. The van der Waals surface area contributed by atoms with Gasteiger partial charge < -0.3 is 4.98 Å². The number of piperazine rings is 1. The second-order valence-electron chi connectivity index (χ2n) is 6.19. The Labute approximate surface area is 141 Å². The van der Waals surface area contributed by atoms with Gasteiger partial charge in [0.15, 0.2) is 0 Å². The van der Waals surface area contributed by atoms with Crippen molar-refractivity contribution in [2.45, 2.75) is 19.9 Å². The molecule has 0 aliphatic carbocycles. The number of nitrogens with zero attached hydrogens (tertiary/aromatic N) is 3. The van der Waals surface area contributed by atoms with Gasteiger partial charge in [-0.15, -0.1) is 0 Å². The van der Waals surface area contributed by atoms with Gasteiger partial charge in [-0.2, -0.15) is 4.31 Å². The number of aryl methyl sites for hydroxylation is 1. The Bertz CT molecular complexity index is 899. The normalized spacial score (nSPS) is 17.4. The molecule has 1 N–H and O–H groups in total. The summed E-state index contributed by atoms with van der Waals surface area (Å²) in [6.07, 6.45) is 3.75. The van der Waals surface area contributed by atoms with Crippen molar-refractivity contribution in [3.8, 4) is 0 Å². The highest BCUT2D eigenvalue weighted by molar-refractivity contribution is 7.88. The molecule has 1 fully saturated rings. The van der Waals surface area contributed by atoms with E-state index in [0.717, 1.165) is 22.2 Å². The smallest absolute Gasteiger partial charge is 0.251 e. The van der Waals surface area contributed by atoms with Gasteiger partial charge in [0.2, 0.25) is 10.0 Å². The van der Waals surface area contributed by atoms with E-state index in [4.69, 9.17) is 0 Å². The lowest BCUT2D eigenvalue weighted by Gasteiger charge is -2.33. The second-order valence-corrected chi connectivity index (χ2v) is 8.17. The molecule has 1 aliphatic rings. The number of hydrogen-bond donors (Lipinski definition) is 1. The highest BCUT2D eigenvalue weighted by atomic mass is 32.2. The lowest BCUT2D eigenvalue weighted by Crippen LogP contribution is -2.47. The van der Waals surface area contributed by atoms with Crippen LogP contribution in [0.1, 0.15) is 18.1 Å². The van der Waals surface area contributed by atoms with E-state index in [1.165, 1.54) is 10.6 Å². The second kappa shape index (κ2) is 6.62. The Morgan fingerprint density at radius 3 is 2.54 bits per heavy atom. The zero-order valence-corrected chi connectivity index (χ0v) is 14.8. The van der Waals surface area contributed by atoms with Crippen molar-refractivity contribution >= 4 is 21.1 Å². The summed E-state index contributed by atoms with van der Waals surface area (Å²) in [4.78, 5) is 21.5. The molecule has 7 nitrogen and oxygen atoms in total. The van der Waals surface area contributed by atoms with Gasteiger partial charge in [-0.1, -0.05) is 6.92 Å². The minimum absolute atomic E-state index is 0.0642. The van der Waals surface area contributed by atoms with Gasteiger partial charge in [-0.05, 0) is 24.1 Å². The number of aromatic amines is 1. The Morgan fingerprint density at radius 1 is 1.21 bits per heavy atom. The predicted octanol–water partition coefficient (Wildman–Crippen LogP) is 0.563. The van der Waals surface area contributed by atoms with Crippen LogP contribution >= 0.6 is 0 Å². The average Bonchev–Trinajstić information content (AvgIpc) is 2.54. The van der Waals surface area contributed by atoms with Crippen molar-refractivity contribution in [3.63, 3.8) is 0 Å². The van der Waals surface area contributed by atoms with Crippen LogP contribution in [-0.4, -0.2) is 60.0 Å². The van der Waals surface area contributed by atoms with Crippen molar-refractivity contribution in [1.29, 1.82) is 0 Å². The SMILES string of the molecule is CCc1cc2ncc(CN3CCN(S(C)(=O)=O)CC3)cc2[nH]c1=O. The van der Waals surface area contributed by atoms with Crippen LogP contribution in [0.3, 0.4) is 0 Å².